The number of nitrogens with zero attached hydrogens (tertiary/aromatic N) is 1. The molecule has 6 heteroatoms. The van der Waals surface area contributed by atoms with Crippen molar-refractivity contribution in [2.45, 2.75) is 24.9 Å². The van der Waals surface area contributed by atoms with Crippen LogP contribution in [0.5, 0.6) is 0 Å². The number of ether oxygens (including phenoxy) is 1. The molecular weight excluding hydrogens is 326 g/mol. The van der Waals surface area contributed by atoms with Gasteiger partial charge in [-0.25, -0.2) is 0 Å². The molecule has 0 spiro atoms. The molecule has 0 N–H and O–H groups in total. The average Bonchev–Trinajstić information content (AvgIpc) is 3.10. The van der Waals surface area contributed by atoms with Crippen LogP contribution in [0.15, 0.2) is 24.3 Å². The molecule has 2 saturated heterocycles. The second kappa shape index (κ2) is 6.65. The first kappa shape index (κ1) is 15.3. The molecule has 2 fully saturated rings. The summed E-state index contributed by atoms with van der Waals surface area (Å²) >= 11 is 12.9. The maximum atomic E-state index is 13.0. The van der Waals surface area contributed by atoms with Gasteiger partial charge in [0.2, 0.25) is 5.91 Å². The van der Waals surface area contributed by atoms with Gasteiger partial charge in [-0.3, -0.25) is 9.69 Å². The molecule has 1 amide bonds. The zero-order valence-electron chi connectivity index (χ0n) is 11.5. The number of hydrogen-bond donors (Lipinski definition) is 0. The summed E-state index contributed by atoms with van der Waals surface area (Å²) in [5, 5.41) is 0.640. The highest BCUT2D eigenvalue weighted by Gasteiger charge is 2.38. The second-order valence-electron chi connectivity index (χ2n) is 5.19. The standard InChI is InChI=1S/C15H16ClNO2S2/c16-11-4-1-3-10(9-11)13(12-5-2-7-19-12)14(18)17-6-8-21-15(17)20/h1,3-4,9,12-13H,2,5-8H2/t12-,13+/m0/s1. The van der Waals surface area contributed by atoms with E-state index in [0.717, 1.165) is 24.2 Å². The Morgan fingerprint density at radius 1 is 1.52 bits per heavy atom. The Hall–Kier alpha value is -0.620. The minimum absolute atomic E-state index is 0.0409. The van der Waals surface area contributed by atoms with Crippen LogP contribution in [0.25, 0.3) is 0 Å². The van der Waals surface area contributed by atoms with Crippen LogP contribution in [-0.4, -0.2) is 40.1 Å². The number of rotatable bonds is 3. The minimum Gasteiger partial charge on any atom is -0.377 e. The molecule has 0 saturated carbocycles. The highest BCUT2D eigenvalue weighted by Crippen LogP contribution is 2.33. The van der Waals surface area contributed by atoms with E-state index in [1.165, 1.54) is 0 Å². The molecule has 1 aromatic carbocycles. The number of carbonyl (C=O) groups excluding carboxylic acids is 1. The monoisotopic (exact) mass is 341 g/mol. The third-order valence-electron chi connectivity index (χ3n) is 3.84. The van der Waals surface area contributed by atoms with E-state index in [9.17, 15) is 4.79 Å². The van der Waals surface area contributed by atoms with Crippen molar-refractivity contribution < 1.29 is 9.53 Å². The molecular formula is C15H16ClNO2S2. The predicted octanol–water partition coefficient (Wildman–Crippen LogP) is 3.46. The zero-order chi connectivity index (χ0) is 14.8. The first-order valence-corrected chi connectivity index (χ1v) is 8.79. The van der Waals surface area contributed by atoms with E-state index in [2.05, 4.69) is 0 Å². The van der Waals surface area contributed by atoms with Crippen molar-refractivity contribution in [2.24, 2.45) is 0 Å². The Bertz CT molecular complexity index is 560. The van der Waals surface area contributed by atoms with Crippen molar-refractivity contribution in [3.05, 3.63) is 34.9 Å². The number of thioether (sulfide) groups is 1. The molecule has 1 aromatic rings. The molecule has 0 aromatic heterocycles. The molecule has 0 aliphatic carbocycles. The maximum Gasteiger partial charge on any atom is 0.238 e. The van der Waals surface area contributed by atoms with Crippen LogP contribution in [0.2, 0.25) is 5.02 Å². The molecule has 2 aliphatic heterocycles. The van der Waals surface area contributed by atoms with Gasteiger partial charge in [-0.2, -0.15) is 0 Å². The molecule has 2 heterocycles. The van der Waals surface area contributed by atoms with Crippen molar-refractivity contribution in [2.75, 3.05) is 18.9 Å². The van der Waals surface area contributed by atoms with Crippen LogP contribution < -0.4 is 0 Å². The summed E-state index contributed by atoms with van der Waals surface area (Å²) in [5.41, 5.74) is 0.916. The van der Waals surface area contributed by atoms with E-state index < -0.39 is 0 Å². The summed E-state index contributed by atoms with van der Waals surface area (Å²) < 4.78 is 6.46. The van der Waals surface area contributed by atoms with E-state index in [4.69, 9.17) is 28.6 Å². The van der Waals surface area contributed by atoms with E-state index in [1.807, 2.05) is 24.3 Å². The fraction of sp³-hybridized carbons (Fsp3) is 0.467. The Balaban J connectivity index is 1.92. The number of thiocarbonyl (C=S) groups is 1. The summed E-state index contributed by atoms with van der Waals surface area (Å²) in [6, 6.07) is 7.50. The van der Waals surface area contributed by atoms with Gasteiger partial charge in [-0.05, 0) is 30.5 Å². The van der Waals surface area contributed by atoms with E-state index in [-0.39, 0.29) is 17.9 Å². The number of benzene rings is 1. The van der Waals surface area contributed by atoms with Crippen molar-refractivity contribution >= 4 is 45.8 Å². The topological polar surface area (TPSA) is 29.5 Å². The molecule has 3 nitrogen and oxygen atoms in total. The fourth-order valence-corrected chi connectivity index (χ4v) is 4.26. The van der Waals surface area contributed by atoms with Crippen molar-refractivity contribution in [1.29, 1.82) is 0 Å². The van der Waals surface area contributed by atoms with Gasteiger partial charge in [0.25, 0.3) is 0 Å². The third kappa shape index (κ3) is 3.26. The van der Waals surface area contributed by atoms with Gasteiger partial charge in [0.05, 0.1) is 12.0 Å². The van der Waals surface area contributed by atoms with Crippen LogP contribution in [0.1, 0.15) is 24.3 Å². The lowest BCUT2D eigenvalue weighted by atomic mass is 9.90. The van der Waals surface area contributed by atoms with Gasteiger partial charge in [0.1, 0.15) is 4.32 Å². The van der Waals surface area contributed by atoms with Crippen molar-refractivity contribution in [3.63, 3.8) is 0 Å². The Morgan fingerprint density at radius 2 is 2.38 bits per heavy atom. The van der Waals surface area contributed by atoms with E-state index >= 15 is 0 Å². The van der Waals surface area contributed by atoms with Crippen molar-refractivity contribution in [3.8, 4) is 0 Å². The highest BCUT2D eigenvalue weighted by molar-refractivity contribution is 8.23. The zero-order valence-corrected chi connectivity index (χ0v) is 13.8. The van der Waals surface area contributed by atoms with Crippen LogP contribution in [0, 0.1) is 0 Å². The Kier molecular flexibility index (Phi) is 4.84. The molecule has 112 valence electrons. The Labute approximate surface area is 139 Å². The average molecular weight is 342 g/mol. The number of hydrogen-bond acceptors (Lipinski definition) is 4. The van der Waals surface area contributed by atoms with Gasteiger partial charge in [-0.15, -0.1) is 0 Å². The smallest absolute Gasteiger partial charge is 0.238 e. The van der Waals surface area contributed by atoms with Crippen LogP contribution >= 0.6 is 35.6 Å². The van der Waals surface area contributed by atoms with Crippen molar-refractivity contribution in [1.82, 2.24) is 4.90 Å². The molecule has 2 atom stereocenters. The number of carbonyl (C=O) groups is 1. The van der Waals surface area contributed by atoms with Crippen LogP contribution in [0.3, 0.4) is 0 Å². The van der Waals surface area contributed by atoms with Gasteiger partial charge in [-0.1, -0.05) is 47.7 Å². The largest absolute Gasteiger partial charge is 0.377 e. The quantitative estimate of drug-likeness (QED) is 0.787. The Morgan fingerprint density at radius 3 is 3.00 bits per heavy atom. The summed E-state index contributed by atoms with van der Waals surface area (Å²) in [6.07, 6.45) is 1.81. The van der Waals surface area contributed by atoms with Gasteiger partial charge in [0.15, 0.2) is 0 Å². The van der Waals surface area contributed by atoms with Gasteiger partial charge < -0.3 is 4.74 Å². The summed E-state index contributed by atoms with van der Waals surface area (Å²) in [4.78, 5) is 14.7. The SMILES string of the molecule is O=C([C@H](c1cccc(Cl)c1)[C@@H]1CCCO1)N1CCSC1=S. The normalized spacial score (nSPS) is 23.6. The molecule has 0 bridgehead atoms. The molecule has 21 heavy (non-hydrogen) atoms. The summed E-state index contributed by atoms with van der Waals surface area (Å²) in [5.74, 6) is 0.597. The first-order valence-electron chi connectivity index (χ1n) is 7.02. The van der Waals surface area contributed by atoms with Crippen LogP contribution in [0.4, 0.5) is 0 Å². The minimum atomic E-state index is -0.317. The second-order valence-corrected chi connectivity index (χ2v) is 7.35. The lowest BCUT2D eigenvalue weighted by Gasteiger charge is -2.27. The third-order valence-corrected chi connectivity index (χ3v) is 5.50. The van der Waals surface area contributed by atoms with Gasteiger partial charge in [0, 0.05) is 23.9 Å². The molecule has 2 aliphatic rings. The van der Waals surface area contributed by atoms with Gasteiger partial charge >= 0.3 is 0 Å². The maximum absolute atomic E-state index is 13.0. The van der Waals surface area contributed by atoms with E-state index in [1.54, 1.807) is 16.7 Å². The molecule has 0 unspecified atom stereocenters. The molecule has 3 rings (SSSR count). The summed E-state index contributed by atoms with van der Waals surface area (Å²) in [6.45, 7) is 1.40. The first-order chi connectivity index (χ1) is 10.2. The fourth-order valence-electron chi connectivity index (χ4n) is 2.84. The number of amides is 1. The lowest BCUT2D eigenvalue weighted by Crippen LogP contribution is -2.39. The number of halogens is 1. The predicted molar refractivity (Wildman–Crippen MR) is 89.9 cm³/mol. The van der Waals surface area contributed by atoms with E-state index in [0.29, 0.717) is 22.5 Å². The summed E-state index contributed by atoms with van der Waals surface area (Å²) in [7, 11) is 0. The highest BCUT2D eigenvalue weighted by atomic mass is 35.5. The molecule has 0 radical (unpaired) electrons. The van der Waals surface area contributed by atoms with Crippen LogP contribution in [-0.2, 0) is 9.53 Å². The lowest BCUT2D eigenvalue weighted by molar-refractivity contribution is -0.131.